The largest absolute Gasteiger partial charge is 0.229 e. The van der Waals surface area contributed by atoms with Crippen molar-refractivity contribution < 1.29 is 0 Å². The van der Waals surface area contributed by atoms with Crippen LogP contribution in [0, 0.1) is 13.8 Å². The summed E-state index contributed by atoms with van der Waals surface area (Å²) in [7, 11) is 0. The smallest absolute Gasteiger partial charge is 0.147 e. The SMILES string of the molecule is Cc1cc(C)cc(CSc2ncnc(Cl)c2Br)c1. The molecule has 0 saturated carbocycles. The lowest BCUT2D eigenvalue weighted by molar-refractivity contribution is 1.02. The predicted molar refractivity (Wildman–Crippen MR) is 80.2 cm³/mol. The Hall–Kier alpha value is -0.580. The fourth-order valence-corrected chi connectivity index (χ4v) is 3.29. The molecule has 2 nitrogen and oxygen atoms in total. The summed E-state index contributed by atoms with van der Waals surface area (Å²) in [4.78, 5) is 8.14. The standard InChI is InChI=1S/C13H12BrClN2S/c1-8-3-9(2)5-10(4-8)6-18-13-11(14)12(15)16-7-17-13/h3-5,7H,6H2,1-2H3. The quantitative estimate of drug-likeness (QED) is 0.591. The van der Waals surface area contributed by atoms with Gasteiger partial charge >= 0.3 is 0 Å². The van der Waals surface area contributed by atoms with Crippen LogP contribution in [-0.2, 0) is 5.75 Å². The minimum Gasteiger partial charge on any atom is -0.229 e. The van der Waals surface area contributed by atoms with E-state index in [2.05, 4.69) is 57.9 Å². The summed E-state index contributed by atoms with van der Waals surface area (Å²) in [5, 5.41) is 1.32. The van der Waals surface area contributed by atoms with Gasteiger partial charge in [0.2, 0.25) is 0 Å². The first-order valence-electron chi connectivity index (χ1n) is 5.42. The van der Waals surface area contributed by atoms with Crippen LogP contribution in [0.15, 0.2) is 34.0 Å². The highest BCUT2D eigenvalue weighted by Gasteiger charge is 2.07. The average Bonchev–Trinajstić information content (AvgIpc) is 2.30. The molecule has 2 aromatic rings. The molecule has 0 radical (unpaired) electrons. The second-order valence-electron chi connectivity index (χ2n) is 4.07. The van der Waals surface area contributed by atoms with Crippen LogP contribution in [0.25, 0.3) is 0 Å². The number of nitrogens with zero attached hydrogens (tertiary/aromatic N) is 2. The molecule has 0 aliphatic rings. The van der Waals surface area contributed by atoms with E-state index in [0.717, 1.165) is 15.3 Å². The van der Waals surface area contributed by atoms with Crippen molar-refractivity contribution >= 4 is 39.3 Å². The fourth-order valence-electron chi connectivity index (χ4n) is 1.74. The molecule has 0 saturated heterocycles. The van der Waals surface area contributed by atoms with Crippen LogP contribution in [0.1, 0.15) is 16.7 Å². The lowest BCUT2D eigenvalue weighted by Gasteiger charge is -2.06. The number of aryl methyl sites for hydroxylation is 2. The van der Waals surface area contributed by atoms with Crippen molar-refractivity contribution in [3.63, 3.8) is 0 Å². The minimum absolute atomic E-state index is 0.452. The molecule has 94 valence electrons. The Kier molecular flexibility index (Phi) is 4.65. The number of benzene rings is 1. The molecular formula is C13H12BrClN2S. The predicted octanol–water partition coefficient (Wildman–Crippen LogP) is 4.80. The van der Waals surface area contributed by atoms with Crippen LogP contribution in [0.5, 0.6) is 0 Å². The van der Waals surface area contributed by atoms with Crippen molar-refractivity contribution in [2.45, 2.75) is 24.6 Å². The van der Waals surface area contributed by atoms with Gasteiger partial charge in [0.25, 0.3) is 0 Å². The zero-order valence-corrected chi connectivity index (χ0v) is 13.2. The fraction of sp³-hybridized carbons (Fsp3) is 0.231. The number of rotatable bonds is 3. The molecule has 0 bridgehead atoms. The van der Waals surface area contributed by atoms with E-state index in [0.29, 0.717) is 5.15 Å². The Morgan fingerprint density at radius 1 is 1.17 bits per heavy atom. The maximum Gasteiger partial charge on any atom is 0.147 e. The van der Waals surface area contributed by atoms with Crippen LogP contribution >= 0.6 is 39.3 Å². The molecule has 1 aromatic carbocycles. The summed E-state index contributed by atoms with van der Waals surface area (Å²) in [5.41, 5.74) is 3.86. The third-order valence-corrected chi connectivity index (χ3v) is 4.96. The van der Waals surface area contributed by atoms with Gasteiger partial charge in [-0.25, -0.2) is 9.97 Å². The molecule has 0 amide bonds. The summed E-state index contributed by atoms with van der Waals surface area (Å²) in [5.74, 6) is 0.870. The second kappa shape index (κ2) is 6.04. The van der Waals surface area contributed by atoms with Gasteiger partial charge in [-0.15, -0.1) is 11.8 Å². The molecule has 0 fully saturated rings. The van der Waals surface area contributed by atoms with E-state index in [4.69, 9.17) is 11.6 Å². The number of hydrogen-bond donors (Lipinski definition) is 0. The maximum absolute atomic E-state index is 5.93. The lowest BCUT2D eigenvalue weighted by Crippen LogP contribution is -1.89. The molecule has 18 heavy (non-hydrogen) atoms. The van der Waals surface area contributed by atoms with Gasteiger partial charge in [-0.1, -0.05) is 40.9 Å². The van der Waals surface area contributed by atoms with E-state index in [1.807, 2.05) is 0 Å². The number of aromatic nitrogens is 2. The van der Waals surface area contributed by atoms with Crippen LogP contribution in [-0.4, -0.2) is 9.97 Å². The van der Waals surface area contributed by atoms with Gasteiger partial charge in [0.1, 0.15) is 16.5 Å². The molecule has 1 heterocycles. The van der Waals surface area contributed by atoms with Crippen molar-refractivity contribution in [1.29, 1.82) is 0 Å². The Balaban J connectivity index is 2.14. The summed E-state index contributed by atoms with van der Waals surface area (Å²) >= 11 is 11.0. The first-order valence-corrected chi connectivity index (χ1v) is 7.58. The van der Waals surface area contributed by atoms with Crippen LogP contribution in [0.3, 0.4) is 0 Å². The number of hydrogen-bond acceptors (Lipinski definition) is 3. The molecule has 1 aromatic heterocycles. The summed E-state index contributed by atoms with van der Waals surface area (Å²) < 4.78 is 0.765. The zero-order valence-electron chi connectivity index (χ0n) is 10.1. The van der Waals surface area contributed by atoms with Crippen molar-refractivity contribution in [3.05, 3.63) is 50.8 Å². The highest BCUT2D eigenvalue weighted by molar-refractivity contribution is 9.10. The number of halogens is 2. The summed E-state index contributed by atoms with van der Waals surface area (Å²) in [6, 6.07) is 6.55. The van der Waals surface area contributed by atoms with Gasteiger partial charge in [-0.05, 0) is 35.3 Å². The molecular weight excluding hydrogens is 332 g/mol. The third-order valence-electron chi connectivity index (χ3n) is 2.37. The Bertz CT molecular complexity index is 555. The van der Waals surface area contributed by atoms with E-state index < -0.39 is 0 Å². The van der Waals surface area contributed by atoms with E-state index >= 15 is 0 Å². The van der Waals surface area contributed by atoms with Gasteiger partial charge in [0.05, 0.1) is 4.47 Å². The summed E-state index contributed by atoms with van der Waals surface area (Å²) in [6.07, 6.45) is 1.48. The topological polar surface area (TPSA) is 25.8 Å². The van der Waals surface area contributed by atoms with E-state index in [9.17, 15) is 0 Å². The number of thioether (sulfide) groups is 1. The monoisotopic (exact) mass is 342 g/mol. The van der Waals surface area contributed by atoms with Crippen molar-refractivity contribution in [2.24, 2.45) is 0 Å². The second-order valence-corrected chi connectivity index (χ2v) is 6.18. The van der Waals surface area contributed by atoms with Crippen LogP contribution in [0.4, 0.5) is 0 Å². The molecule has 0 aliphatic carbocycles. The van der Waals surface area contributed by atoms with Crippen molar-refractivity contribution in [1.82, 2.24) is 9.97 Å². The van der Waals surface area contributed by atoms with E-state index in [1.54, 1.807) is 11.8 Å². The molecule has 0 unspecified atom stereocenters. The minimum atomic E-state index is 0.452. The van der Waals surface area contributed by atoms with E-state index in [-0.39, 0.29) is 0 Å². The van der Waals surface area contributed by atoms with Crippen molar-refractivity contribution in [2.75, 3.05) is 0 Å². The lowest BCUT2D eigenvalue weighted by atomic mass is 10.1. The molecule has 0 aliphatic heterocycles. The Labute approximate surface area is 124 Å². The highest BCUT2D eigenvalue weighted by Crippen LogP contribution is 2.31. The molecule has 0 N–H and O–H groups in total. The van der Waals surface area contributed by atoms with Crippen molar-refractivity contribution in [3.8, 4) is 0 Å². The zero-order chi connectivity index (χ0) is 13.1. The van der Waals surface area contributed by atoms with Gasteiger partial charge in [0, 0.05) is 5.75 Å². The third kappa shape index (κ3) is 3.46. The Morgan fingerprint density at radius 2 is 1.83 bits per heavy atom. The molecule has 0 atom stereocenters. The maximum atomic E-state index is 5.93. The van der Waals surface area contributed by atoms with Crippen LogP contribution in [0.2, 0.25) is 5.15 Å². The first kappa shape index (κ1) is 13.8. The highest BCUT2D eigenvalue weighted by atomic mass is 79.9. The Morgan fingerprint density at radius 3 is 2.50 bits per heavy atom. The normalized spacial score (nSPS) is 10.7. The van der Waals surface area contributed by atoms with Gasteiger partial charge in [-0.2, -0.15) is 0 Å². The van der Waals surface area contributed by atoms with Gasteiger partial charge in [-0.3, -0.25) is 0 Å². The molecule has 5 heteroatoms. The average molecular weight is 344 g/mol. The molecule has 2 rings (SSSR count). The molecule has 0 spiro atoms. The van der Waals surface area contributed by atoms with Gasteiger partial charge in [0.15, 0.2) is 0 Å². The summed E-state index contributed by atoms with van der Waals surface area (Å²) in [6.45, 7) is 4.22. The van der Waals surface area contributed by atoms with Crippen LogP contribution < -0.4 is 0 Å². The van der Waals surface area contributed by atoms with E-state index in [1.165, 1.54) is 23.0 Å². The first-order chi connectivity index (χ1) is 8.56. The van der Waals surface area contributed by atoms with Gasteiger partial charge < -0.3 is 0 Å².